The average molecular weight is 223 g/mol. The van der Waals surface area contributed by atoms with E-state index in [1.807, 2.05) is 17.9 Å². The van der Waals surface area contributed by atoms with Crippen molar-refractivity contribution in [1.29, 1.82) is 0 Å². The summed E-state index contributed by atoms with van der Waals surface area (Å²) in [7, 11) is 1.39. The lowest BCUT2D eigenvalue weighted by molar-refractivity contribution is -0.138. The maximum atomic E-state index is 11.2. The van der Waals surface area contributed by atoms with Gasteiger partial charge in [-0.05, 0) is 13.3 Å². The van der Waals surface area contributed by atoms with Crippen LogP contribution in [0.25, 0.3) is 0 Å². The molecule has 0 saturated carbocycles. The maximum Gasteiger partial charge on any atom is 0.325 e. The van der Waals surface area contributed by atoms with Gasteiger partial charge in [0.1, 0.15) is 18.7 Å². The molecule has 0 aliphatic carbocycles. The molecule has 0 amide bonds. The Morgan fingerprint density at radius 1 is 1.50 bits per heavy atom. The Morgan fingerprint density at radius 3 is 2.81 bits per heavy atom. The molecule has 5 heteroatoms. The molecule has 1 rings (SSSR count). The molecule has 1 aromatic heterocycles. The number of nitrogens with zero attached hydrogens (tertiary/aromatic N) is 3. The van der Waals surface area contributed by atoms with Crippen molar-refractivity contribution in [2.45, 2.75) is 20.3 Å². The van der Waals surface area contributed by atoms with Crippen LogP contribution < -0.4 is 4.90 Å². The van der Waals surface area contributed by atoms with E-state index in [0.717, 1.165) is 24.5 Å². The van der Waals surface area contributed by atoms with E-state index in [0.29, 0.717) is 0 Å². The summed E-state index contributed by atoms with van der Waals surface area (Å²) in [5, 5.41) is 0. The van der Waals surface area contributed by atoms with Crippen molar-refractivity contribution < 1.29 is 9.53 Å². The molecule has 0 fully saturated rings. The van der Waals surface area contributed by atoms with E-state index >= 15 is 0 Å². The normalized spacial score (nSPS) is 9.94. The molecule has 0 bridgehead atoms. The third-order valence-corrected chi connectivity index (χ3v) is 2.15. The van der Waals surface area contributed by atoms with Crippen LogP contribution in [0.3, 0.4) is 0 Å². The molecule has 0 radical (unpaired) electrons. The monoisotopic (exact) mass is 223 g/mol. The summed E-state index contributed by atoms with van der Waals surface area (Å²) in [6, 6.07) is 1.86. The van der Waals surface area contributed by atoms with Gasteiger partial charge < -0.3 is 9.64 Å². The molecule has 0 spiro atoms. The number of hydrogen-bond acceptors (Lipinski definition) is 5. The van der Waals surface area contributed by atoms with Crippen LogP contribution in [0.5, 0.6) is 0 Å². The Morgan fingerprint density at radius 2 is 2.25 bits per heavy atom. The van der Waals surface area contributed by atoms with Gasteiger partial charge in [0.25, 0.3) is 0 Å². The standard InChI is InChI=1S/C11H17N3O2/c1-4-5-14(7-11(15)16-3)10-6-9(2)12-8-13-10/h6,8H,4-5,7H2,1-3H3. The molecule has 0 saturated heterocycles. The molecule has 5 nitrogen and oxygen atoms in total. The Bertz CT molecular complexity index is 355. The van der Waals surface area contributed by atoms with E-state index in [1.165, 1.54) is 13.4 Å². The van der Waals surface area contributed by atoms with Gasteiger partial charge in [0.2, 0.25) is 0 Å². The van der Waals surface area contributed by atoms with Gasteiger partial charge in [-0.25, -0.2) is 9.97 Å². The van der Waals surface area contributed by atoms with Crippen LogP contribution in [0.4, 0.5) is 5.82 Å². The SMILES string of the molecule is CCCN(CC(=O)OC)c1cc(C)ncn1. The number of ether oxygens (including phenoxy) is 1. The fraction of sp³-hybridized carbons (Fsp3) is 0.545. The zero-order valence-corrected chi connectivity index (χ0v) is 9.93. The van der Waals surface area contributed by atoms with Gasteiger partial charge in [-0.15, -0.1) is 0 Å². The molecule has 0 unspecified atom stereocenters. The van der Waals surface area contributed by atoms with Crippen molar-refractivity contribution >= 4 is 11.8 Å². The van der Waals surface area contributed by atoms with Crippen molar-refractivity contribution in [3.05, 3.63) is 18.1 Å². The number of esters is 1. The summed E-state index contributed by atoms with van der Waals surface area (Å²) in [4.78, 5) is 21.3. The molecule has 0 aliphatic heterocycles. The van der Waals surface area contributed by atoms with Crippen LogP contribution in [0.15, 0.2) is 12.4 Å². The Kier molecular flexibility index (Phi) is 4.69. The van der Waals surface area contributed by atoms with E-state index in [-0.39, 0.29) is 12.5 Å². The van der Waals surface area contributed by atoms with Crippen molar-refractivity contribution in [3.8, 4) is 0 Å². The number of carbonyl (C=O) groups excluding carboxylic acids is 1. The van der Waals surface area contributed by atoms with E-state index in [9.17, 15) is 4.79 Å². The summed E-state index contributed by atoms with van der Waals surface area (Å²) in [6.45, 7) is 4.94. The quantitative estimate of drug-likeness (QED) is 0.701. The van der Waals surface area contributed by atoms with Crippen LogP contribution >= 0.6 is 0 Å². The predicted octanol–water partition coefficient (Wildman–Crippen LogP) is 1.17. The number of aryl methyl sites for hydroxylation is 1. The molecular weight excluding hydrogens is 206 g/mol. The second kappa shape index (κ2) is 6.05. The maximum absolute atomic E-state index is 11.2. The highest BCUT2D eigenvalue weighted by Gasteiger charge is 2.12. The lowest BCUT2D eigenvalue weighted by atomic mass is 10.3. The smallest absolute Gasteiger partial charge is 0.325 e. The van der Waals surface area contributed by atoms with Crippen molar-refractivity contribution in [2.24, 2.45) is 0 Å². The predicted molar refractivity (Wildman–Crippen MR) is 61.3 cm³/mol. The first-order chi connectivity index (χ1) is 7.67. The summed E-state index contributed by atoms with van der Waals surface area (Å²) in [6.07, 6.45) is 2.45. The lowest BCUT2D eigenvalue weighted by Crippen LogP contribution is -2.32. The summed E-state index contributed by atoms with van der Waals surface area (Å²) in [5.41, 5.74) is 0.885. The molecule has 16 heavy (non-hydrogen) atoms. The Labute approximate surface area is 95.5 Å². The highest BCUT2D eigenvalue weighted by atomic mass is 16.5. The fourth-order valence-electron chi connectivity index (χ4n) is 1.38. The highest BCUT2D eigenvalue weighted by Crippen LogP contribution is 2.10. The number of hydrogen-bond donors (Lipinski definition) is 0. The topological polar surface area (TPSA) is 55.3 Å². The minimum atomic E-state index is -0.260. The van der Waals surface area contributed by atoms with Gasteiger partial charge >= 0.3 is 5.97 Å². The minimum absolute atomic E-state index is 0.223. The van der Waals surface area contributed by atoms with Crippen LogP contribution in [0.2, 0.25) is 0 Å². The van der Waals surface area contributed by atoms with Crippen LogP contribution in [-0.2, 0) is 9.53 Å². The van der Waals surface area contributed by atoms with Gasteiger partial charge in [0.15, 0.2) is 0 Å². The third-order valence-electron chi connectivity index (χ3n) is 2.15. The molecular formula is C11H17N3O2. The lowest BCUT2D eigenvalue weighted by Gasteiger charge is -2.21. The number of rotatable bonds is 5. The van der Waals surface area contributed by atoms with Gasteiger partial charge in [-0.1, -0.05) is 6.92 Å². The van der Waals surface area contributed by atoms with E-state index in [4.69, 9.17) is 0 Å². The molecule has 0 aliphatic rings. The van der Waals surface area contributed by atoms with E-state index in [1.54, 1.807) is 0 Å². The number of methoxy groups -OCH3 is 1. The van der Waals surface area contributed by atoms with Crippen molar-refractivity contribution in [2.75, 3.05) is 25.1 Å². The van der Waals surface area contributed by atoms with E-state index in [2.05, 4.69) is 21.6 Å². The van der Waals surface area contributed by atoms with Gasteiger partial charge in [-0.2, -0.15) is 0 Å². The van der Waals surface area contributed by atoms with Crippen molar-refractivity contribution in [1.82, 2.24) is 9.97 Å². The largest absolute Gasteiger partial charge is 0.468 e. The number of carbonyl (C=O) groups is 1. The first kappa shape index (κ1) is 12.4. The Hall–Kier alpha value is -1.65. The van der Waals surface area contributed by atoms with Gasteiger partial charge in [0, 0.05) is 18.3 Å². The molecule has 0 atom stereocenters. The van der Waals surface area contributed by atoms with Crippen LogP contribution in [0.1, 0.15) is 19.0 Å². The van der Waals surface area contributed by atoms with Crippen LogP contribution in [0, 0.1) is 6.92 Å². The molecule has 1 heterocycles. The minimum Gasteiger partial charge on any atom is -0.468 e. The second-order valence-corrected chi connectivity index (χ2v) is 3.52. The average Bonchev–Trinajstić information content (AvgIpc) is 2.28. The van der Waals surface area contributed by atoms with Crippen molar-refractivity contribution in [3.63, 3.8) is 0 Å². The zero-order valence-electron chi connectivity index (χ0n) is 9.93. The molecule has 0 aromatic carbocycles. The summed E-state index contributed by atoms with van der Waals surface area (Å²) >= 11 is 0. The molecule has 88 valence electrons. The first-order valence-electron chi connectivity index (χ1n) is 5.27. The third kappa shape index (κ3) is 3.49. The summed E-state index contributed by atoms with van der Waals surface area (Å²) in [5.74, 6) is 0.504. The molecule has 0 N–H and O–H groups in total. The van der Waals surface area contributed by atoms with Crippen LogP contribution in [-0.4, -0.2) is 36.1 Å². The van der Waals surface area contributed by atoms with E-state index < -0.39 is 0 Å². The Balaban J connectivity index is 2.80. The number of aromatic nitrogens is 2. The number of anilines is 1. The second-order valence-electron chi connectivity index (χ2n) is 3.52. The fourth-order valence-corrected chi connectivity index (χ4v) is 1.38. The first-order valence-corrected chi connectivity index (χ1v) is 5.27. The highest BCUT2D eigenvalue weighted by molar-refractivity contribution is 5.75. The van der Waals surface area contributed by atoms with Gasteiger partial charge in [-0.3, -0.25) is 4.79 Å². The van der Waals surface area contributed by atoms with Gasteiger partial charge in [0.05, 0.1) is 7.11 Å². The summed E-state index contributed by atoms with van der Waals surface area (Å²) < 4.78 is 4.65. The zero-order chi connectivity index (χ0) is 12.0. The molecule has 1 aromatic rings.